The van der Waals surface area contributed by atoms with Gasteiger partial charge in [0.2, 0.25) is 0 Å². The SMILES string of the molecule is COc1ccc(CN2CCC(C)CC2c2cc3ccccc3[nH]2)cc1. The van der Waals surface area contributed by atoms with Gasteiger partial charge in [0.15, 0.2) is 0 Å². The first kappa shape index (κ1) is 16.2. The zero-order chi connectivity index (χ0) is 17.2. The van der Waals surface area contributed by atoms with Crippen molar-refractivity contribution in [3.05, 3.63) is 65.9 Å². The summed E-state index contributed by atoms with van der Waals surface area (Å²) < 4.78 is 5.28. The summed E-state index contributed by atoms with van der Waals surface area (Å²) in [6, 6.07) is 19.8. The molecule has 1 saturated heterocycles. The Kier molecular flexibility index (Phi) is 4.50. The molecule has 1 N–H and O–H groups in total. The molecular weight excluding hydrogens is 308 g/mol. The van der Waals surface area contributed by atoms with Crippen LogP contribution in [0.15, 0.2) is 54.6 Å². The summed E-state index contributed by atoms with van der Waals surface area (Å²) in [5.41, 5.74) is 3.93. The Labute approximate surface area is 149 Å². The molecule has 2 aromatic carbocycles. The van der Waals surface area contributed by atoms with Crippen LogP contribution in [0.2, 0.25) is 0 Å². The summed E-state index contributed by atoms with van der Waals surface area (Å²) in [5, 5.41) is 1.31. The first-order valence-electron chi connectivity index (χ1n) is 9.17. The standard InChI is InChI=1S/C22H26N2O/c1-16-11-12-24(15-17-7-9-19(25-2)10-8-17)22(13-16)21-14-18-5-3-4-6-20(18)23-21/h3-10,14,16,22-23H,11-13,15H2,1-2H3. The number of likely N-dealkylation sites (tertiary alicyclic amines) is 1. The fourth-order valence-electron chi connectivity index (χ4n) is 3.94. The summed E-state index contributed by atoms with van der Waals surface area (Å²) >= 11 is 0. The third kappa shape index (κ3) is 3.42. The van der Waals surface area contributed by atoms with Crippen molar-refractivity contribution in [3.8, 4) is 5.75 Å². The number of aromatic nitrogens is 1. The second-order valence-corrected chi connectivity index (χ2v) is 7.28. The summed E-state index contributed by atoms with van der Waals surface area (Å²) in [4.78, 5) is 6.28. The highest BCUT2D eigenvalue weighted by molar-refractivity contribution is 5.80. The fraction of sp³-hybridized carbons (Fsp3) is 0.364. The Hall–Kier alpha value is -2.26. The van der Waals surface area contributed by atoms with Gasteiger partial charge in [-0.05, 0) is 60.5 Å². The van der Waals surface area contributed by atoms with Crippen LogP contribution in [0.4, 0.5) is 0 Å². The van der Waals surface area contributed by atoms with E-state index >= 15 is 0 Å². The zero-order valence-electron chi connectivity index (χ0n) is 15.0. The molecule has 4 rings (SSSR count). The lowest BCUT2D eigenvalue weighted by Gasteiger charge is -2.38. The average Bonchev–Trinajstić information content (AvgIpc) is 3.08. The average molecular weight is 334 g/mol. The molecule has 0 bridgehead atoms. The molecule has 2 heterocycles. The molecule has 1 fully saturated rings. The van der Waals surface area contributed by atoms with Crippen molar-refractivity contribution in [1.29, 1.82) is 0 Å². The lowest BCUT2D eigenvalue weighted by atomic mass is 9.90. The zero-order valence-corrected chi connectivity index (χ0v) is 15.0. The van der Waals surface area contributed by atoms with Gasteiger partial charge in [0.1, 0.15) is 5.75 Å². The molecule has 2 unspecified atom stereocenters. The number of hydrogen-bond donors (Lipinski definition) is 1. The van der Waals surface area contributed by atoms with Gasteiger partial charge in [-0.2, -0.15) is 0 Å². The molecule has 1 aromatic heterocycles. The lowest BCUT2D eigenvalue weighted by Crippen LogP contribution is -2.35. The Morgan fingerprint density at radius 1 is 1.12 bits per heavy atom. The van der Waals surface area contributed by atoms with Gasteiger partial charge in [0.05, 0.1) is 13.2 Å². The number of H-pyrrole nitrogens is 1. The highest BCUT2D eigenvalue weighted by Gasteiger charge is 2.28. The van der Waals surface area contributed by atoms with Crippen molar-refractivity contribution >= 4 is 10.9 Å². The first-order valence-corrected chi connectivity index (χ1v) is 9.17. The molecule has 0 saturated carbocycles. The minimum atomic E-state index is 0.457. The Balaban J connectivity index is 1.59. The van der Waals surface area contributed by atoms with Crippen LogP contribution in [0.5, 0.6) is 5.75 Å². The van der Waals surface area contributed by atoms with Crippen LogP contribution in [0.25, 0.3) is 10.9 Å². The van der Waals surface area contributed by atoms with Crippen LogP contribution < -0.4 is 4.74 Å². The van der Waals surface area contributed by atoms with E-state index in [0.29, 0.717) is 6.04 Å². The van der Waals surface area contributed by atoms with Gasteiger partial charge >= 0.3 is 0 Å². The second kappa shape index (κ2) is 6.93. The van der Waals surface area contributed by atoms with Gasteiger partial charge in [-0.25, -0.2) is 0 Å². The Morgan fingerprint density at radius 3 is 2.68 bits per heavy atom. The molecule has 0 spiro atoms. The van der Waals surface area contributed by atoms with E-state index in [9.17, 15) is 0 Å². The van der Waals surface area contributed by atoms with E-state index in [2.05, 4.69) is 71.4 Å². The third-order valence-corrected chi connectivity index (χ3v) is 5.43. The number of piperidine rings is 1. The molecule has 25 heavy (non-hydrogen) atoms. The van der Waals surface area contributed by atoms with Crippen molar-refractivity contribution in [2.45, 2.75) is 32.4 Å². The predicted octanol–water partition coefficient (Wildman–Crippen LogP) is 5.15. The molecule has 3 aromatic rings. The molecule has 130 valence electrons. The quantitative estimate of drug-likeness (QED) is 0.715. The van der Waals surface area contributed by atoms with Crippen molar-refractivity contribution in [2.75, 3.05) is 13.7 Å². The summed E-state index contributed by atoms with van der Waals surface area (Å²) in [6.07, 6.45) is 2.48. The summed E-state index contributed by atoms with van der Waals surface area (Å²) in [5.74, 6) is 1.69. The maximum absolute atomic E-state index is 5.28. The highest BCUT2D eigenvalue weighted by atomic mass is 16.5. The molecule has 0 amide bonds. The normalized spacial score (nSPS) is 21.5. The topological polar surface area (TPSA) is 28.3 Å². The Bertz CT molecular complexity index is 804. The van der Waals surface area contributed by atoms with Crippen molar-refractivity contribution in [3.63, 3.8) is 0 Å². The molecule has 0 aliphatic carbocycles. The molecule has 1 aliphatic rings. The number of nitrogens with zero attached hydrogens (tertiary/aromatic N) is 1. The van der Waals surface area contributed by atoms with Gasteiger partial charge in [0.25, 0.3) is 0 Å². The molecule has 1 aliphatic heterocycles. The monoisotopic (exact) mass is 334 g/mol. The van der Waals surface area contributed by atoms with Crippen LogP contribution in [0.3, 0.4) is 0 Å². The number of benzene rings is 2. The van der Waals surface area contributed by atoms with Gasteiger partial charge in [-0.3, -0.25) is 4.90 Å². The van der Waals surface area contributed by atoms with Crippen molar-refractivity contribution < 1.29 is 4.74 Å². The smallest absolute Gasteiger partial charge is 0.118 e. The molecule has 2 atom stereocenters. The van der Waals surface area contributed by atoms with Crippen molar-refractivity contribution in [2.24, 2.45) is 5.92 Å². The van der Waals surface area contributed by atoms with Crippen LogP contribution >= 0.6 is 0 Å². The van der Waals surface area contributed by atoms with E-state index < -0.39 is 0 Å². The first-order chi connectivity index (χ1) is 12.2. The highest BCUT2D eigenvalue weighted by Crippen LogP contribution is 2.36. The molecule has 3 nitrogen and oxygen atoms in total. The van der Waals surface area contributed by atoms with Gasteiger partial charge < -0.3 is 9.72 Å². The van der Waals surface area contributed by atoms with Crippen LogP contribution in [-0.4, -0.2) is 23.5 Å². The lowest BCUT2D eigenvalue weighted by molar-refractivity contribution is 0.108. The van der Waals surface area contributed by atoms with Crippen LogP contribution in [0, 0.1) is 5.92 Å². The fourth-order valence-corrected chi connectivity index (χ4v) is 3.94. The number of rotatable bonds is 4. The molecular formula is C22H26N2O. The number of fused-ring (bicyclic) bond motifs is 1. The van der Waals surface area contributed by atoms with E-state index in [4.69, 9.17) is 4.74 Å². The maximum Gasteiger partial charge on any atom is 0.118 e. The van der Waals surface area contributed by atoms with Gasteiger partial charge in [0, 0.05) is 17.8 Å². The Morgan fingerprint density at radius 2 is 1.92 bits per heavy atom. The van der Waals surface area contributed by atoms with Crippen molar-refractivity contribution in [1.82, 2.24) is 9.88 Å². The minimum absolute atomic E-state index is 0.457. The predicted molar refractivity (Wildman–Crippen MR) is 103 cm³/mol. The van der Waals surface area contributed by atoms with Gasteiger partial charge in [-0.1, -0.05) is 37.3 Å². The second-order valence-electron chi connectivity index (χ2n) is 7.28. The largest absolute Gasteiger partial charge is 0.497 e. The minimum Gasteiger partial charge on any atom is -0.497 e. The van der Waals surface area contributed by atoms with Crippen LogP contribution in [-0.2, 0) is 6.54 Å². The molecule has 0 radical (unpaired) electrons. The van der Waals surface area contributed by atoms with E-state index in [-0.39, 0.29) is 0 Å². The number of aromatic amines is 1. The summed E-state index contributed by atoms with van der Waals surface area (Å²) in [7, 11) is 1.72. The van der Waals surface area contributed by atoms with E-state index in [1.807, 2.05) is 0 Å². The molecule has 3 heteroatoms. The van der Waals surface area contributed by atoms with Crippen LogP contribution in [0.1, 0.15) is 37.1 Å². The number of methoxy groups -OCH3 is 1. The van der Waals surface area contributed by atoms with E-state index in [1.165, 1.54) is 35.0 Å². The van der Waals surface area contributed by atoms with E-state index in [0.717, 1.165) is 24.8 Å². The maximum atomic E-state index is 5.28. The number of nitrogens with one attached hydrogen (secondary N) is 1. The number of ether oxygens (including phenoxy) is 1. The number of para-hydroxylation sites is 1. The summed E-state index contributed by atoms with van der Waals surface area (Å²) in [6.45, 7) is 4.50. The third-order valence-electron chi connectivity index (χ3n) is 5.43. The van der Waals surface area contributed by atoms with E-state index in [1.54, 1.807) is 7.11 Å². The number of hydrogen-bond acceptors (Lipinski definition) is 2. The van der Waals surface area contributed by atoms with Gasteiger partial charge in [-0.15, -0.1) is 0 Å².